The molecule has 3 N–H and O–H groups in total. The van der Waals surface area contributed by atoms with Crippen molar-refractivity contribution in [1.82, 2.24) is 4.98 Å². The van der Waals surface area contributed by atoms with E-state index in [-0.39, 0.29) is 18.2 Å². The van der Waals surface area contributed by atoms with Crippen molar-refractivity contribution >= 4 is 11.8 Å². The van der Waals surface area contributed by atoms with Crippen LogP contribution in [0, 0.1) is 0 Å². The molecule has 1 heterocycles. The predicted octanol–water partition coefficient (Wildman–Crippen LogP) is 2.49. The van der Waals surface area contributed by atoms with Crippen molar-refractivity contribution in [1.29, 1.82) is 0 Å². The molecule has 1 unspecified atom stereocenters. The van der Waals surface area contributed by atoms with E-state index in [9.17, 15) is 9.90 Å². The molecule has 0 bridgehead atoms. The van der Waals surface area contributed by atoms with E-state index < -0.39 is 5.97 Å². The molecule has 1 atom stereocenters. The highest BCUT2D eigenvalue weighted by atomic mass is 16.4. The zero-order valence-corrected chi connectivity index (χ0v) is 11.8. The van der Waals surface area contributed by atoms with E-state index in [1.807, 2.05) is 37.3 Å². The van der Waals surface area contributed by atoms with Gasteiger partial charge in [0.2, 0.25) is 0 Å². The molecule has 2 rings (SSSR count). The normalized spacial score (nSPS) is 11.9. The lowest BCUT2D eigenvalue weighted by atomic mass is 10.1. The summed E-state index contributed by atoms with van der Waals surface area (Å²) < 4.78 is 0. The molecule has 0 aliphatic heterocycles. The van der Waals surface area contributed by atoms with Crippen molar-refractivity contribution in [2.24, 2.45) is 0 Å². The maximum atomic E-state index is 11.1. The van der Waals surface area contributed by atoms with Crippen LogP contribution in [0.1, 0.15) is 34.6 Å². The van der Waals surface area contributed by atoms with Gasteiger partial charge in [0.05, 0.1) is 18.2 Å². The fourth-order valence-electron chi connectivity index (χ4n) is 2.06. The van der Waals surface area contributed by atoms with Crippen molar-refractivity contribution in [3.05, 3.63) is 59.3 Å². The molecular formula is C16H18N2O3. The second-order valence-corrected chi connectivity index (χ2v) is 4.68. The van der Waals surface area contributed by atoms with Crippen LogP contribution in [0.25, 0.3) is 0 Å². The van der Waals surface area contributed by atoms with Gasteiger partial charge in [-0.3, -0.25) is 0 Å². The summed E-state index contributed by atoms with van der Waals surface area (Å²) in [5.74, 6) is -0.537. The van der Waals surface area contributed by atoms with Crippen molar-refractivity contribution in [2.45, 2.75) is 19.4 Å². The molecule has 0 saturated carbocycles. The Labute approximate surface area is 123 Å². The molecule has 0 radical (unpaired) electrons. The molecule has 5 heteroatoms. The van der Waals surface area contributed by atoms with Crippen molar-refractivity contribution in [3.8, 4) is 0 Å². The van der Waals surface area contributed by atoms with E-state index >= 15 is 0 Å². The van der Waals surface area contributed by atoms with Crippen LogP contribution in [0.5, 0.6) is 0 Å². The van der Waals surface area contributed by atoms with Crippen LogP contribution in [0.2, 0.25) is 0 Å². The number of carboxylic acids is 1. The van der Waals surface area contributed by atoms with Gasteiger partial charge in [-0.2, -0.15) is 0 Å². The van der Waals surface area contributed by atoms with E-state index in [1.165, 1.54) is 6.07 Å². The second kappa shape index (κ2) is 6.85. The highest BCUT2D eigenvalue weighted by molar-refractivity contribution is 5.88. The number of nitrogens with one attached hydrogen (secondary N) is 1. The number of benzene rings is 1. The first kappa shape index (κ1) is 15.0. The molecule has 1 aromatic carbocycles. The molecule has 2 aromatic rings. The number of carboxylic acid groups (broad SMARTS) is 1. The van der Waals surface area contributed by atoms with Gasteiger partial charge in [-0.05, 0) is 24.1 Å². The van der Waals surface area contributed by atoms with Crippen LogP contribution in [-0.2, 0) is 6.42 Å². The Morgan fingerprint density at radius 1 is 1.29 bits per heavy atom. The maximum Gasteiger partial charge on any atom is 0.335 e. The first-order valence-corrected chi connectivity index (χ1v) is 6.80. The standard InChI is InChI=1S/C16H18N2O3/c1-2-13-8-12(16(20)21)9-15(17-13)18-14(10-19)11-6-4-3-5-7-11/h3-9,14,19H,2,10H2,1H3,(H,17,18)(H,20,21). The van der Waals surface area contributed by atoms with Crippen molar-refractivity contribution < 1.29 is 15.0 Å². The first-order valence-electron chi connectivity index (χ1n) is 6.80. The molecule has 21 heavy (non-hydrogen) atoms. The maximum absolute atomic E-state index is 11.1. The molecule has 0 spiro atoms. The van der Waals surface area contributed by atoms with Crippen molar-refractivity contribution in [2.75, 3.05) is 11.9 Å². The zero-order chi connectivity index (χ0) is 15.2. The van der Waals surface area contributed by atoms with Crippen LogP contribution in [0.15, 0.2) is 42.5 Å². The number of aliphatic hydroxyl groups excluding tert-OH is 1. The minimum Gasteiger partial charge on any atom is -0.478 e. The number of anilines is 1. The number of aliphatic hydroxyl groups is 1. The summed E-state index contributed by atoms with van der Waals surface area (Å²) in [7, 11) is 0. The van der Waals surface area contributed by atoms with Crippen LogP contribution >= 0.6 is 0 Å². The Bertz CT molecular complexity index is 614. The molecule has 0 amide bonds. The van der Waals surface area contributed by atoms with Crippen LogP contribution in [0.3, 0.4) is 0 Å². The number of aromatic carboxylic acids is 1. The van der Waals surface area contributed by atoms with Crippen molar-refractivity contribution in [3.63, 3.8) is 0 Å². The molecule has 0 saturated heterocycles. The van der Waals surface area contributed by atoms with Gasteiger partial charge in [0.1, 0.15) is 5.82 Å². The summed E-state index contributed by atoms with van der Waals surface area (Å²) in [5, 5.41) is 21.8. The van der Waals surface area contributed by atoms with E-state index in [0.29, 0.717) is 17.9 Å². The lowest BCUT2D eigenvalue weighted by Gasteiger charge is -2.18. The molecular weight excluding hydrogens is 268 g/mol. The Morgan fingerprint density at radius 3 is 2.57 bits per heavy atom. The number of pyridine rings is 1. The highest BCUT2D eigenvalue weighted by Crippen LogP contribution is 2.19. The average Bonchev–Trinajstić information content (AvgIpc) is 2.53. The Kier molecular flexibility index (Phi) is 4.90. The van der Waals surface area contributed by atoms with Crippen LogP contribution in [-0.4, -0.2) is 27.8 Å². The number of hydrogen-bond acceptors (Lipinski definition) is 4. The number of rotatable bonds is 6. The molecule has 0 aliphatic carbocycles. The van der Waals surface area contributed by atoms with Gasteiger partial charge in [0.15, 0.2) is 0 Å². The topological polar surface area (TPSA) is 82.5 Å². The number of carbonyl (C=O) groups is 1. The zero-order valence-electron chi connectivity index (χ0n) is 11.8. The molecule has 0 fully saturated rings. The molecule has 5 nitrogen and oxygen atoms in total. The summed E-state index contributed by atoms with van der Waals surface area (Å²) in [6.07, 6.45) is 0.644. The Hall–Kier alpha value is -2.40. The second-order valence-electron chi connectivity index (χ2n) is 4.68. The smallest absolute Gasteiger partial charge is 0.335 e. The number of hydrogen-bond donors (Lipinski definition) is 3. The lowest BCUT2D eigenvalue weighted by Crippen LogP contribution is -2.16. The van der Waals surface area contributed by atoms with Gasteiger partial charge in [-0.15, -0.1) is 0 Å². The monoisotopic (exact) mass is 286 g/mol. The van der Waals surface area contributed by atoms with E-state index in [1.54, 1.807) is 6.07 Å². The fourth-order valence-corrected chi connectivity index (χ4v) is 2.06. The van der Waals surface area contributed by atoms with Gasteiger partial charge < -0.3 is 15.5 Å². The minimum absolute atomic E-state index is 0.107. The lowest BCUT2D eigenvalue weighted by molar-refractivity contribution is 0.0696. The van der Waals surface area contributed by atoms with Gasteiger partial charge in [-0.25, -0.2) is 9.78 Å². The van der Waals surface area contributed by atoms with Gasteiger partial charge >= 0.3 is 5.97 Å². The molecule has 110 valence electrons. The minimum atomic E-state index is -0.990. The SMILES string of the molecule is CCc1cc(C(=O)O)cc(NC(CO)c2ccccc2)n1. The number of nitrogens with zero attached hydrogens (tertiary/aromatic N) is 1. The third kappa shape index (κ3) is 3.79. The van der Waals surface area contributed by atoms with Crippen LogP contribution < -0.4 is 5.32 Å². The average molecular weight is 286 g/mol. The summed E-state index contributed by atoms with van der Waals surface area (Å²) in [6, 6.07) is 12.2. The number of aromatic nitrogens is 1. The fraction of sp³-hybridized carbons (Fsp3) is 0.250. The van der Waals surface area contributed by atoms with Gasteiger partial charge in [0.25, 0.3) is 0 Å². The summed E-state index contributed by atoms with van der Waals surface area (Å²) >= 11 is 0. The van der Waals surface area contributed by atoms with Gasteiger partial charge in [0, 0.05) is 5.69 Å². The summed E-state index contributed by atoms with van der Waals surface area (Å²) in [4.78, 5) is 15.5. The van der Waals surface area contributed by atoms with E-state index in [4.69, 9.17) is 5.11 Å². The molecule has 1 aromatic heterocycles. The summed E-state index contributed by atoms with van der Waals surface area (Å²) in [6.45, 7) is 1.81. The van der Waals surface area contributed by atoms with E-state index in [0.717, 1.165) is 5.56 Å². The van der Waals surface area contributed by atoms with Gasteiger partial charge in [-0.1, -0.05) is 37.3 Å². The summed E-state index contributed by atoms with van der Waals surface area (Å²) in [5.41, 5.74) is 1.80. The van der Waals surface area contributed by atoms with E-state index in [2.05, 4.69) is 10.3 Å². The Morgan fingerprint density at radius 2 is 2.00 bits per heavy atom. The predicted molar refractivity (Wildman–Crippen MR) is 80.5 cm³/mol. The highest BCUT2D eigenvalue weighted by Gasteiger charge is 2.13. The third-order valence-corrected chi connectivity index (χ3v) is 3.19. The molecule has 0 aliphatic rings. The Balaban J connectivity index is 2.29. The quantitative estimate of drug-likeness (QED) is 0.760. The number of aryl methyl sites for hydroxylation is 1. The third-order valence-electron chi connectivity index (χ3n) is 3.19. The van der Waals surface area contributed by atoms with Crippen LogP contribution in [0.4, 0.5) is 5.82 Å². The first-order chi connectivity index (χ1) is 10.1. The largest absolute Gasteiger partial charge is 0.478 e.